The molecule has 4 heterocycles. The molecule has 0 fully saturated rings. The Labute approximate surface area is 337 Å². The highest BCUT2D eigenvalue weighted by atomic mass is 32.1. The summed E-state index contributed by atoms with van der Waals surface area (Å²) in [6, 6.07) is 64.5. The van der Waals surface area contributed by atoms with Gasteiger partial charge < -0.3 is 4.42 Å². The van der Waals surface area contributed by atoms with Gasteiger partial charge in [-0.15, -0.1) is 11.3 Å². The molecule has 0 N–H and O–H groups in total. The van der Waals surface area contributed by atoms with E-state index in [0.717, 1.165) is 83.1 Å². The molecule has 0 saturated heterocycles. The van der Waals surface area contributed by atoms with Crippen molar-refractivity contribution in [3.63, 3.8) is 0 Å². The molecule has 0 radical (unpaired) electrons. The molecular formula is C53H33N3OS. The molecule has 0 atom stereocenters. The van der Waals surface area contributed by atoms with E-state index < -0.39 is 0 Å². The minimum atomic E-state index is 0.670. The molecule has 0 unspecified atom stereocenters. The van der Waals surface area contributed by atoms with Crippen LogP contribution in [0.5, 0.6) is 0 Å². The average molecular weight is 760 g/mol. The summed E-state index contributed by atoms with van der Waals surface area (Å²) in [5, 5.41) is 6.96. The van der Waals surface area contributed by atoms with Crippen LogP contribution >= 0.6 is 11.3 Å². The van der Waals surface area contributed by atoms with Gasteiger partial charge in [0.05, 0.1) is 16.7 Å². The fourth-order valence-corrected chi connectivity index (χ4v) is 10.1. The first-order valence-corrected chi connectivity index (χ1v) is 20.4. The summed E-state index contributed by atoms with van der Waals surface area (Å²) < 4.78 is 11.5. The number of hydrogen-bond donors (Lipinski definition) is 0. The molecule has 272 valence electrons. The second-order valence-electron chi connectivity index (χ2n) is 14.9. The van der Waals surface area contributed by atoms with E-state index in [1.165, 1.54) is 31.3 Å². The zero-order valence-electron chi connectivity index (χ0n) is 31.5. The number of aromatic nitrogens is 3. The molecule has 58 heavy (non-hydrogen) atoms. The highest BCUT2D eigenvalue weighted by Crippen LogP contribution is 2.44. The van der Waals surface area contributed by atoms with Crippen LogP contribution in [0.1, 0.15) is 5.56 Å². The number of thiophene rings is 1. The van der Waals surface area contributed by atoms with Crippen LogP contribution in [0.15, 0.2) is 186 Å². The van der Waals surface area contributed by atoms with Crippen molar-refractivity contribution in [3.8, 4) is 50.7 Å². The van der Waals surface area contributed by atoms with E-state index in [1.807, 2.05) is 23.5 Å². The minimum absolute atomic E-state index is 0.670. The van der Waals surface area contributed by atoms with Crippen molar-refractivity contribution in [2.75, 3.05) is 0 Å². The van der Waals surface area contributed by atoms with Gasteiger partial charge in [-0.2, -0.15) is 0 Å². The first-order valence-electron chi connectivity index (χ1n) is 19.6. The first-order chi connectivity index (χ1) is 28.7. The lowest BCUT2D eigenvalue weighted by atomic mass is 9.95. The lowest BCUT2D eigenvalue weighted by Gasteiger charge is -2.18. The zero-order chi connectivity index (χ0) is 38.3. The lowest BCUT2D eigenvalue weighted by molar-refractivity contribution is 0.671. The van der Waals surface area contributed by atoms with Gasteiger partial charge in [0, 0.05) is 58.4 Å². The van der Waals surface area contributed by atoms with E-state index in [2.05, 4.69) is 181 Å². The second-order valence-corrected chi connectivity index (χ2v) is 16.0. The summed E-state index contributed by atoms with van der Waals surface area (Å²) >= 11 is 1.82. The molecule has 0 bridgehead atoms. The third-order valence-electron chi connectivity index (χ3n) is 11.6. The maximum atomic E-state index is 6.76. The van der Waals surface area contributed by atoms with E-state index in [9.17, 15) is 0 Å². The molecule has 5 heteroatoms. The summed E-state index contributed by atoms with van der Waals surface area (Å²) in [6.45, 7) is 2.16. The van der Waals surface area contributed by atoms with Crippen molar-refractivity contribution < 1.29 is 4.42 Å². The number of furan rings is 1. The molecule has 0 spiro atoms. The first kappa shape index (κ1) is 32.9. The fourth-order valence-electron chi connectivity index (χ4n) is 8.95. The van der Waals surface area contributed by atoms with Crippen LogP contribution in [-0.4, -0.2) is 14.5 Å². The quantitative estimate of drug-likeness (QED) is 0.175. The van der Waals surface area contributed by atoms with Crippen molar-refractivity contribution in [3.05, 3.63) is 188 Å². The van der Waals surface area contributed by atoms with Crippen molar-refractivity contribution in [2.45, 2.75) is 6.92 Å². The summed E-state index contributed by atoms with van der Waals surface area (Å²) in [5.74, 6) is 1.49. The van der Waals surface area contributed by atoms with Crippen molar-refractivity contribution in [1.82, 2.24) is 14.5 Å². The lowest BCUT2D eigenvalue weighted by Crippen LogP contribution is -2.07. The highest BCUT2D eigenvalue weighted by molar-refractivity contribution is 7.26. The van der Waals surface area contributed by atoms with Crippen LogP contribution < -0.4 is 0 Å². The summed E-state index contributed by atoms with van der Waals surface area (Å²) in [7, 11) is 0. The van der Waals surface area contributed by atoms with Gasteiger partial charge in [0.15, 0.2) is 11.4 Å². The second kappa shape index (κ2) is 12.8. The Morgan fingerprint density at radius 1 is 0.483 bits per heavy atom. The molecule has 4 aromatic heterocycles. The van der Waals surface area contributed by atoms with Crippen LogP contribution in [0, 0.1) is 6.92 Å². The molecular weight excluding hydrogens is 727 g/mol. The predicted molar refractivity (Wildman–Crippen MR) is 243 cm³/mol. The van der Waals surface area contributed by atoms with Crippen LogP contribution in [-0.2, 0) is 0 Å². The van der Waals surface area contributed by atoms with Crippen molar-refractivity contribution >= 4 is 75.3 Å². The molecule has 4 nitrogen and oxygen atoms in total. The van der Waals surface area contributed by atoms with Crippen LogP contribution in [0.2, 0.25) is 0 Å². The molecule has 0 aliphatic carbocycles. The van der Waals surface area contributed by atoms with Gasteiger partial charge in [0.25, 0.3) is 0 Å². The van der Waals surface area contributed by atoms with Gasteiger partial charge in [-0.3, -0.25) is 4.57 Å². The van der Waals surface area contributed by atoms with E-state index in [1.54, 1.807) is 0 Å². The van der Waals surface area contributed by atoms with Gasteiger partial charge in [-0.05, 0) is 59.5 Å². The zero-order valence-corrected chi connectivity index (χ0v) is 32.3. The van der Waals surface area contributed by atoms with E-state index in [0.29, 0.717) is 5.82 Å². The standard InChI is InChI=1S/C53H33N3OS/c1-32-49(40-22-9-8-19-36(40)33-15-4-2-5-16-33)54-52(35-27-28-43-47(31-35)58-46-26-14-23-37(48(43)46)34-17-6-3-7-18-34)55-53(32)56-44-24-12-10-20-38(44)41-29-30-42-39-21-11-13-25-45(39)57-51(42)50(41)56/h2-31H,1H3. The van der Waals surface area contributed by atoms with Gasteiger partial charge in [-0.25, -0.2) is 9.97 Å². The van der Waals surface area contributed by atoms with E-state index in [-0.39, 0.29) is 0 Å². The fraction of sp³-hybridized carbons (Fsp3) is 0.0189. The molecule has 0 aliphatic rings. The van der Waals surface area contributed by atoms with Gasteiger partial charge >= 0.3 is 0 Å². The Morgan fingerprint density at radius 2 is 1.14 bits per heavy atom. The third-order valence-corrected chi connectivity index (χ3v) is 12.7. The Kier molecular flexibility index (Phi) is 7.28. The van der Waals surface area contributed by atoms with Crippen molar-refractivity contribution in [1.29, 1.82) is 0 Å². The number of rotatable bonds is 5. The average Bonchev–Trinajstić information content (AvgIpc) is 3.96. The Morgan fingerprint density at radius 3 is 1.97 bits per heavy atom. The largest absolute Gasteiger partial charge is 0.454 e. The van der Waals surface area contributed by atoms with E-state index in [4.69, 9.17) is 14.4 Å². The number of benzene rings is 8. The highest BCUT2D eigenvalue weighted by Gasteiger charge is 2.24. The minimum Gasteiger partial charge on any atom is -0.454 e. The number of fused-ring (bicyclic) bond motifs is 10. The monoisotopic (exact) mass is 759 g/mol. The predicted octanol–water partition coefficient (Wildman–Crippen LogP) is 14.8. The maximum absolute atomic E-state index is 6.76. The maximum Gasteiger partial charge on any atom is 0.162 e. The molecule has 0 saturated carbocycles. The Bertz CT molecular complexity index is 3580. The number of nitrogens with zero attached hydrogens (tertiary/aromatic N) is 3. The van der Waals surface area contributed by atoms with Crippen LogP contribution in [0.4, 0.5) is 0 Å². The number of hydrogen-bond acceptors (Lipinski definition) is 4. The third kappa shape index (κ3) is 4.93. The topological polar surface area (TPSA) is 43.9 Å². The normalized spacial score (nSPS) is 11.9. The van der Waals surface area contributed by atoms with Crippen LogP contribution in [0.25, 0.3) is 115 Å². The van der Waals surface area contributed by atoms with Crippen LogP contribution in [0.3, 0.4) is 0 Å². The molecule has 0 amide bonds. The summed E-state index contributed by atoms with van der Waals surface area (Å²) in [6.07, 6.45) is 0. The Hall–Kier alpha value is -7.34. The summed E-state index contributed by atoms with van der Waals surface area (Å²) in [5.41, 5.74) is 12.4. The Balaban J connectivity index is 1.17. The number of para-hydroxylation sites is 2. The molecule has 0 aliphatic heterocycles. The smallest absolute Gasteiger partial charge is 0.162 e. The van der Waals surface area contributed by atoms with E-state index >= 15 is 0 Å². The van der Waals surface area contributed by atoms with Gasteiger partial charge in [-0.1, -0.05) is 152 Å². The molecule has 12 aromatic rings. The van der Waals surface area contributed by atoms with Gasteiger partial charge in [0.1, 0.15) is 11.4 Å². The molecule has 8 aromatic carbocycles. The SMILES string of the molecule is Cc1c(-c2ccccc2-c2ccccc2)nc(-c2ccc3c(c2)sc2cccc(-c4ccccc4)c23)nc1-n1c2ccccc2c2ccc3c4ccccc4oc3c21. The van der Waals surface area contributed by atoms with Gasteiger partial charge in [0.2, 0.25) is 0 Å². The summed E-state index contributed by atoms with van der Waals surface area (Å²) in [4.78, 5) is 11.1. The molecule has 12 rings (SSSR count). The van der Waals surface area contributed by atoms with Crippen molar-refractivity contribution in [2.24, 2.45) is 0 Å².